The second kappa shape index (κ2) is 7.15. The van der Waals surface area contributed by atoms with Gasteiger partial charge in [0.2, 0.25) is 0 Å². The van der Waals surface area contributed by atoms with Gasteiger partial charge in [-0.3, -0.25) is 14.2 Å². The third-order valence-corrected chi connectivity index (χ3v) is 2.65. The highest BCUT2D eigenvalue weighted by Gasteiger charge is 2.13. The number of carbonyl (C=O) groups is 2. The van der Waals surface area contributed by atoms with E-state index in [0.29, 0.717) is 12.1 Å². The molecule has 0 radical (unpaired) electrons. The second-order valence-electron chi connectivity index (χ2n) is 4.21. The van der Waals surface area contributed by atoms with E-state index in [1.165, 1.54) is 12.7 Å². The van der Waals surface area contributed by atoms with Gasteiger partial charge in [-0.25, -0.2) is 0 Å². The van der Waals surface area contributed by atoms with Crippen LogP contribution in [-0.2, 0) is 9.59 Å². The van der Waals surface area contributed by atoms with Crippen molar-refractivity contribution in [2.45, 2.75) is 6.42 Å². The number of nitrogens with zero attached hydrogens (tertiary/aromatic N) is 3. The predicted molar refractivity (Wildman–Crippen MR) is 74.7 cm³/mol. The molecular weight excluding hydrogens is 274 g/mol. The number of aliphatic hydroxyl groups is 1. The van der Waals surface area contributed by atoms with Crippen molar-refractivity contribution in [2.75, 3.05) is 18.5 Å². The summed E-state index contributed by atoms with van der Waals surface area (Å²) >= 11 is 0. The van der Waals surface area contributed by atoms with Crippen molar-refractivity contribution in [3.05, 3.63) is 36.9 Å². The van der Waals surface area contributed by atoms with Crippen LogP contribution in [0.4, 0.5) is 5.69 Å². The first-order valence-electron chi connectivity index (χ1n) is 6.36. The van der Waals surface area contributed by atoms with Gasteiger partial charge in [0.05, 0.1) is 5.69 Å². The van der Waals surface area contributed by atoms with E-state index in [0.717, 1.165) is 5.69 Å². The smallest absolute Gasteiger partial charge is 0.313 e. The lowest BCUT2D eigenvalue weighted by molar-refractivity contribution is -0.136. The van der Waals surface area contributed by atoms with E-state index in [2.05, 4.69) is 20.8 Å². The van der Waals surface area contributed by atoms with Crippen LogP contribution in [0.3, 0.4) is 0 Å². The Bertz CT molecular complexity index is 612. The van der Waals surface area contributed by atoms with Crippen LogP contribution in [0, 0.1) is 0 Å². The van der Waals surface area contributed by atoms with E-state index < -0.39 is 11.8 Å². The highest BCUT2D eigenvalue weighted by Crippen LogP contribution is 2.13. The highest BCUT2D eigenvalue weighted by atomic mass is 16.3. The predicted octanol–water partition coefficient (Wildman–Crippen LogP) is -0.296. The Kier molecular flexibility index (Phi) is 4.99. The van der Waals surface area contributed by atoms with Gasteiger partial charge in [-0.1, -0.05) is 6.07 Å². The number of hydrogen-bond donors (Lipinski definition) is 3. The minimum atomic E-state index is -0.756. The molecule has 0 atom stereocenters. The molecule has 0 aliphatic rings. The molecule has 1 aromatic heterocycles. The van der Waals surface area contributed by atoms with E-state index in [1.807, 2.05) is 6.07 Å². The normalized spacial score (nSPS) is 10.1. The van der Waals surface area contributed by atoms with Gasteiger partial charge >= 0.3 is 11.8 Å². The summed E-state index contributed by atoms with van der Waals surface area (Å²) in [6.45, 7) is 0.215. The maximum atomic E-state index is 11.7. The number of rotatable bonds is 5. The van der Waals surface area contributed by atoms with Crippen molar-refractivity contribution in [1.29, 1.82) is 0 Å². The summed E-state index contributed by atoms with van der Waals surface area (Å²) in [6, 6.07) is 6.93. The van der Waals surface area contributed by atoms with E-state index in [1.54, 1.807) is 22.8 Å². The number of anilines is 1. The van der Waals surface area contributed by atoms with Gasteiger partial charge < -0.3 is 15.7 Å². The number of carbonyl (C=O) groups excluding carboxylic acids is 2. The van der Waals surface area contributed by atoms with E-state index in [4.69, 9.17) is 5.11 Å². The molecule has 8 nitrogen and oxygen atoms in total. The molecule has 0 unspecified atom stereocenters. The monoisotopic (exact) mass is 289 g/mol. The molecule has 0 saturated heterocycles. The zero-order valence-electron chi connectivity index (χ0n) is 11.2. The molecule has 8 heteroatoms. The average molecular weight is 289 g/mol. The zero-order valence-corrected chi connectivity index (χ0v) is 11.2. The molecule has 2 rings (SSSR count). The molecule has 0 fully saturated rings. The molecule has 0 spiro atoms. The van der Waals surface area contributed by atoms with Gasteiger partial charge in [-0.05, 0) is 24.6 Å². The van der Waals surface area contributed by atoms with Crippen molar-refractivity contribution in [3.63, 3.8) is 0 Å². The first-order chi connectivity index (χ1) is 10.2. The maximum absolute atomic E-state index is 11.7. The topological polar surface area (TPSA) is 109 Å². The average Bonchev–Trinajstić information content (AvgIpc) is 3.02. The lowest BCUT2D eigenvalue weighted by Gasteiger charge is -2.08. The van der Waals surface area contributed by atoms with E-state index in [-0.39, 0.29) is 13.2 Å². The van der Waals surface area contributed by atoms with Gasteiger partial charge in [0.25, 0.3) is 0 Å². The van der Waals surface area contributed by atoms with Crippen LogP contribution < -0.4 is 10.6 Å². The SMILES string of the molecule is O=C(NCCCO)C(=O)Nc1cccc(-n2cnnc2)c1. The first-order valence-corrected chi connectivity index (χ1v) is 6.36. The lowest BCUT2D eigenvalue weighted by atomic mass is 10.2. The van der Waals surface area contributed by atoms with Crippen molar-refractivity contribution in [1.82, 2.24) is 20.1 Å². The Morgan fingerprint density at radius 2 is 1.95 bits per heavy atom. The van der Waals surface area contributed by atoms with Crippen LogP contribution in [0.25, 0.3) is 5.69 Å². The van der Waals surface area contributed by atoms with Crippen molar-refractivity contribution in [3.8, 4) is 5.69 Å². The standard InChI is InChI=1S/C13H15N5O3/c19-6-2-5-14-12(20)13(21)17-10-3-1-4-11(7-10)18-8-15-16-9-18/h1,3-4,7-9,19H,2,5-6H2,(H,14,20)(H,17,21). The number of aromatic nitrogens is 3. The molecule has 2 amide bonds. The molecule has 21 heavy (non-hydrogen) atoms. The van der Waals surface area contributed by atoms with Gasteiger partial charge in [0, 0.05) is 18.8 Å². The lowest BCUT2D eigenvalue weighted by Crippen LogP contribution is -2.36. The van der Waals surface area contributed by atoms with Crippen LogP contribution in [0.1, 0.15) is 6.42 Å². The summed E-state index contributed by atoms with van der Waals surface area (Å²) in [4.78, 5) is 23.2. The van der Waals surface area contributed by atoms with Gasteiger partial charge in [-0.2, -0.15) is 0 Å². The van der Waals surface area contributed by atoms with E-state index >= 15 is 0 Å². The maximum Gasteiger partial charge on any atom is 0.313 e. The van der Waals surface area contributed by atoms with Gasteiger partial charge in [0.15, 0.2) is 0 Å². The summed E-state index contributed by atoms with van der Waals surface area (Å²) in [5.74, 6) is -1.49. The molecule has 2 aromatic rings. The molecule has 0 aliphatic carbocycles. The summed E-state index contributed by atoms with van der Waals surface area (Å²) in [6.07, 6.45) is 3.47. The highest BCUT2D eigenvalue weighted by molar-refractivity contribution is 6.39. The third kappa shape index (κ3) is 4.11. The number of nitrogens with one attached hydrogen (secondary N) is 2. The minimum Gasteiger partial charge on any atom is -0.396 e. The number of amides is 2. The molecule has 3 N–H and O–H groups in total. The Morgan fingerprint density at radius 3 is 2.67 bits per heavy atom. The van der Waals surface area contributed by atoms with Crippen LogP contribution >= 0.6 is 0 Å². The van der Waals surface area contributed by atoms with Crippen LogP contribution in [0.5, 0.6) is 0 Å². The van der Waals surface area contributed by atoms with Gasteiger partial charge in [-0.15, -0.1) is 10.2 Å². The van der Waals surface area contributed by atoms with Crippen molar-refractivity contribution < 1.29 is 14.7 Å². The molecule has 0 aliphatic heterocycles. The summed E-state index contributed by atoms with van der Waals surface area (Å²) in [5.41, 5.74) is 1.25. The zero-order chi connectivity index (χ0) is 15.1. The number of aliphatic hydroxyl groups excluding tert-OH is 1. The summed E-state index contributed by atoms with van der Waals surface area (Å²) in [5, 5.41) is 20.9. The molecule has 110 valence electrons. The Hall–Kier alpha value is -2.74. The van der Waals surface area contributed by atoms with Crippen molar-refractivity contribution in [2.24, 2.45) is 0 Å². The number of benzene rings is 1. The summed E-state index contributed by atoms with van der Waals surface area (Å²) < 4.78 is 1.68. The molecule has 1 aromatic carbocycles. The Balaban J connectivity index is 1.98. The molecule has 0 saturated carbocycles. The minimum absolute atomic E-state index is 0.0388. The fourth-order valence-corrected chi connectivity index (χ4v) is 1.63. The Labute approximate surface area is 120 Å². The molecular formula is C13H15N5O3. The van der Waals surface area contributed by atoms with Gasteiger partial charge in [0.1, 0.15) is 12.7 Å². The van der Waals surface area contributed by atoms with Crippen LogP contribution in [0.2, 0.25) is 0 Å². The fraction of sp³-hybridized carbons (Fsp3) is 0.231. The fourth-order valence-electron chi connectivity index (χ4n) is 1.63. The largest absolute Gasteiger partial charge is 0.396 e. The first kappa shape index (κ1) is 14.7. The van der Waals surface area contributed by atoms with E-state index in [9.17, 15) is 9.59 Å². The Morgan fingerprint density at radius 1 is 1.19 bits per heavy atom. The summed E-state index contributed by atoms with van der Waals surface area (Å²) in [7, 11) is 0. The quantitative estimate of drug-likeness (QED) is 0.517. The number of hydrogen-bond acceptors (Lipinski definition) is 5. The van der Waals surface area contributed by atoms with Crippen LogP contribution in [-0.4, -0.2) is 44.8 Å². The van der Waals surface area contributed by atoms with Crippen LogP contribution in [0.15, 0.2) is 36.9 Å². The molecule has 0 bridgehead atoms. The third-order valence-electron chi connectivity index (χ3n) is 2.65. The molecule has 1 heterocycles. The second-order valence-corrected chi connectivity index (χ2v) is 4.21. The van der Waals surface area contributed by atoms with Crippen molar-refractivity contribution >= 4 is 17.5 Å².